The second-order valence-corrected chi connectivity index (χ2v) is 1.82. The highest BCUT2D eigenvalue weighted by Gasteiger charge is 2.05. The Labute approximate surface area is 85.7 Å². The van der Waals surface area contributed by atoms with E-state index in [1.807, 2.05) is 0 Å². The lowest BCUT2D eigenvalue weighted by atomic mass is 10.1. The second-order valence-electron chi connectivity index (χ2n) is 1.82. The Morgan fingerprint density at radius 2 is 2.75 bits per heavy atom. The summed E-state index contributed by atoms with van der Waals surface area (Å²) < 4.78 is 73.4. The van der Waals surface area contributed by atoms with E-state index in [4.69, 9.17) is 13.7 Å². The molecule has 12 heavy (non-hydrogen) atoms. The Kier molecular flexibility index (Phi) is 0.840. The van der Waals surface area contributed by atoms with Crippen molar-refractivity contribution in [3.8, 4) is 5.75 Å². The largest absolute Gasteiger partial charge is 0.508 e. The van der Waals surface area contributed by atoms with Gasteiger partial charge in [0.15, 0.2) is 0 Å². The molecule has 0 heterocycles. The predicted molar refractivity (Wildman–Crippen MR) is 47.0 cm³/mol. The summed E-state index contributed by atoms with van der Waals surface area (Å²) in [6, 6.07) is -3.95. The van der Waals surface area contributed by atoms with Crippen LogP contribution in [0.2, 0.25) is 0 Å². The van der Waals surface area contributed by atoms with Gasteiger partial charge >= 0.3 is 0 Å². The number of rotatable bonds is 3. The quantitative estimate of drug-likeness (QED) is 0.635. The number of aliphatic hydroxyl groups is 1. The minimum Gasteiger partial charge on any atom is -0.508 e. The lowest BCUT2D eigenvalue weighted by Gasteiger charge is -2.09. The van der Waals surface area contributed by atoms with Gasteiger partial charge in [-0.2, -0.15) is 0 Å². The topological polar surface area (TPSA) is 52.5 Å². The molecule has 0 saturated heterocycles. The van der Waals surface area contributed by atoms with Crippen LogP contribution in [0.25, 0.3) is 0 Å². The van der Waals surface area contributed by atoms with E-state index >= 15 is 0 Å². The summed E-state index contributed by atoms with van der Waals surface area (Å²) in [7, 11) is 0. The molecule has 3 nitrogen and oxygen atoms in total. The molecule has 1 rings (SSSR count). The molecule has 1 aromatic rings. The zero-order valence-electron chi connectivity index (χ0n) is 15.9. The summed E-state index contributed by atoms with van der Waals surface area (Å²) in [5.41, 5.74) is -1.12. The van der Waals surface area contributed by atoms with Crippen LogP contribution in [0, 0.1) is 0 Å². The maximum Gasteiger partial charge on any atom is 0.115 e. The monoisotopic (exact) mass is 177 g/mol. The number of aromatic hydroxyl groups is 1. The maximum absolute atomic E-state index is 10.1. The van der Waals surface area contributed by atoms with Crippen molar-refractivity contribution in [2.75, 3.05) is 13.5 Å². The van der Waals surface area contributed by atoms with Gasteiger partial charge in [-0.1, -0.05) is 12.1 Å². The first-order chi connectivity index (χ1) is 9.63. The van der Waals surface area contributed by atoms with E-state index in [-0.39, 0.29) is 0 Å². The van der Waals surface area contributed by atoms with Crippen LogP contribution in [0.1, 0.15) is 25.4 Å². The Morgan fingerprint density at radius 3 is 3.50 bits per heavy atom. The van der Waals surface area contributed by atoms with Crippen molar-refractivity contribution in [2.45, 2.75) is 6.08 Å². The third kappa shape index (κ3) is 2.22. The molecule has 0 aromatic heterocycles. The van der Waals surface area contributed by atoms with Crippen LogP contribution in [0.5, 0.6) is 5.75 Å². The van der Waals surface area contributed by atoms with Gasteiger partial charge in [-0.05, 0) is 24.6 Å². The van der Waals surface area contributed by atoms with Gasteiger partial charge in [-0.25, -0.2) is 0 Å². The van der Waals surface area contributed by atoms with Crippen LogP contribution in [0.3, 0.4) is 0 Å². The maximum atomic E-state index is 10.1. The minimum atomic E-state index is -3.48. The molecular weight excluding hydrogens is 154 g/mol. The van der Waals surface area contributed by atoms with Crippen LogP contribution >= 0.6 is 0 Å². The summed E-state index contributed by atoms with van der Waals surface area (Å²) in [6.07, 6.45) is -3.48. The lowest BCUT2D eigenvalue weighted by Crippen LogP contribution is -2.16. The molecule has 3 N–H and O–H groups in total. The van der Waals surface area contributed by atoms with Crippen molar-refractivity contribution in [3.63, 3.8) is 0 Å². The number of nitrogens with one attached hydrogen (secondary N) is 1. The standard InChI is InChI=1S/C9H13NO2/c1-10-6-9(12)7-3-2-4-8(11)5-7/h2-5,9-12H,6H2,1H3/t9-/m0/s1/i1D3,2D,3D,4D,5D,6D2,9D. The van der Waals surface area contributed by atoms with Crippen LogP contribution in [-0.2, 0) is 0 Å². The number of likely N-dealkylation sites (N-methyl/N-ethyl adjacent to an activating group) is 1. The number of hydrogen-bond acceptors (Lipinski definition) is 3. The fraction of sp³-hybridized carbons (Fsp3) is 0.333. The predicted octanol–water partition coefficient (Wildman–Crippen LogP) is 0.645. The molecule has 0 bridgehead atoms. The SMILES string of the molecule is [2H]c1c([2H])c(O)c([2H])c([C@@]([2H])(O)C([2H])([2H])NC([2H])([2H])[2H])c1[2H]. The first kappa shape index (κ1) is 2.47. The number of phenolic OH excluding ortho intramolecular Hbond substituents is 1. The second kappa shape index (κ2) is 4.09. The van der Waals surface area contributed by atoms with Crippen LogP contribution in [0.15, 0.2) is 24.2 Å². The molecule has 0 aliphatic carbocycles. The molecule has 0 amide bonds. The first-order valence-corrected chi connectivity index (χ1v) is 2.95. The Morgan fingerprint density at radius 1 is 1.92 bits per heavy atom. The number of hydrogen-bond donors (Lipinski definition) is 3. The van der Waals surface area contributed by atoms with Gasteiger partial charge in [0.2, 0.25) is 0 Å². The normalized spacial score (nSPS) is 29.8. The third-order valence-electron chi connectivity index (χ3n) is 1.03. The molecule has 0 fully saturated rings. The van der Waals surface area contributed by atoms with Gasteiger partial charge in [0.25, 0.3) is 0 Å². The highest BCUT2D eigenvalue weighted by atomic mass is 16.3. The fourth-order valence-corrected chi connectivity index (χ4v) is 0.574. The third-order valence-corrected chi connectivity index (χ3v) is 1.03. The summed E-state index contributed by atoms with van der Waals surface area (Å²) in [5, 5.41) is 21.0. The van der Waals surface area contributed by atoms with E-state index in [1.165, 1.54) is 5.32 Å². The molecule has 66 valence electrons. The van der Waals surface area contributed by atoms with E-state index < -0.39 is 55.0 Å². The molecule has 0 aliphatic heterocycles. The lowest BCUT2D eigenvalue weighted by molar-refractivity contribution is 0.177. The van der Waals surface area contributed by atoms with Crippen molar-refractivity contribution >= 4 is 0 Å². The van der Waals surface area contributed by atoms with E-state index in [0.29, 0.717) is 0 Å². The average Bonchev–Trinajstić information content (AvgIpc) is 2.30. The van der Waals surface area contributed by atoms with E-state index in [9.17, 15) is 10.2 Å². The zero-order chi connectivity index (χ0) is 17.7. The minimum absolute atomic E-state index is 0.890. The van der Waals surface area contributed by atoms with Crippen molar-refractivity contribution in [2.24, 2.45) is 0 Å². The smallest absolute Gasteiger partial charge is 0.115 e. The fourth-order valence-electron chi connectivity index (χ4n) is 0.574. The van der Waals surface area contributed by atoms with Crippen molar-refractivity contribution in [3.05, 3.63) is 29.7 Å². The zero-order valence-corrected chi connectivity index (χ0v) is 5.89. The molecule has 3 heteroatoms. The Balaban J connectivity index is 3.60. The first-order valence-electron chi connectivity index (χ1n) is 7.95. The van der Waals surface area contributed by atoms with Gasteiger partial charge in [0, 0.05) is 13.4 Å². The summed E-state index contributed by atoms with van der Waals surface area (Å²) in [5.74, 6) is -1.12. The molecule has 1 atom stereocenters. The van der Waals surface area contributed by atoms with Crippen molar-refractivity contribution < 1.29 is 23.9 Å². The molecule has 0 spiro atoms. The van der Waals surface area contributed by atoms with Crippen LogP contribution < -0.4 is 5.32 Å². The highest BCUT2D eigenvalue weighted by molar-refractivity contribution is 5.28. The van der Waals surface area contributed by atoms with Gasteiger partial charge in [-0.15, -0.1) is 0 Å². The van der Waals surface area contributed by atoms with Gasteiger partial charge in [0.1, 0.15) is 5.75 Å². The van der Waals surface area contributed by atoms with Gasteiger partial charge < -0.3 is 15.5 Å². The van der Waals surface area contributed by atoms with Crippen molar-refractivity contribution in [1.82, 2.24) is 5.32 Å². The van der Waals surface area contributed by atoms with E-state index in [2.05, 4.69) is 0 Å². The molecule has 0 unspecified atom stereocenters. The van der Waals surface area contributed by atoms with Gasteiger partial charge in [-0.3, -0.25) is 0 Å². The van der Waals surface area contributed by atoms with Gasteiger partial charge in [0.05, 0.1) is 12.9 Å². The molecule has 0 radical (unpaired) electrons. The van der Waals surface area contributed by atoms with Crippen LogP contribution in [0.4, 0.5) is 0 Å². The number of phenols is 1. The number of benzene rings is 1. The molecular formula is C9H13NO2. The summed E-state index contributed by atoms with van der Waals surface area (Å²) in [4.78, 5) is 0. The Bertz CT molecular complexity index is 568. The van der Waals surface area contributed by atoms with E-state index in [1.54, 1.807) is 0 Å². The molecule has 1 aromatic carbocycles. The molecule has 0 aliphatic rings. The van der Waals surface area contributed by atoms with Crippen LogP contribution in [-0.4, -0.2) is 23.7 Å². The molecule has 0 saturated carbocycles. The average molecular weight is 177 g/mol. The summed E-state index contributed by atoms with van der Waals surface area (Å²) >= 11 is 0. The van der Waals surface area contributed by atoms with Crippen molar-refractivity contribution in [1.29, 1.82) is 0 Å². The van der Waals surface area contributed by atoms with E-state index in [0.717, 1.165) is 0 Å². The Hall–Kier alpha value is -1.06. The highest BCUT2D eigenvalue weighted by Crippen LogP contribution is 2.17. The summed E-state index contributed by atoms with van der Waals surface area (Å²) in [6.45, 7) is -6.42.